The lowest BCUT2D eigenvalue weighted by Crippen LogP contribution is -2.30. The Kier molecular flexibility index (Phi) is 5.20. The van der Waals surface area contributed by atoms with E-state index in [0.29, 0.717) is 5.92 Å². The maximum absolute atomic E-state index is 12.3. The van der Waals surface area contributed by atoms with Crippen molar-refractivity contribution in [2.45, 2.75) is 27.2 Å². The molecule has 3 nitrogen and oxygen atoms in total. The Morgan fingerprint density at radius 3 is 2.61 bits per heavy atom. The molecule has 1 unspecified atom stereocenters. The summed E-state index contributed by atoms with van der Waals surface area (Å²) >= 11 is 0. The van der Waals surface area contributed by atoms with Crippen LogP contribution < -0.4 is 5.32 Å². The first-order valence-corrected chi connectivity index (χ1v) is 6.53. The summed E-state index contributed by atoms with van der Waals surface area (Å²) in [5.74, 6) is 0.637. The second kappa shape index (κ2) is 6.43. The van der Waals surface area contributed by atoms with Crippen molar-refractivity contribution in [3.8, 4) is 0 Å². The lowest BCUT2D eigenvalue weighted by atomic mass is 10.1. The second-order valence-corrected chi connectivity index (χ2v) is 4.98. The molecule has 3 heteroatoms. The van der Waals surface area contributed by atoms with Gasteiger partial charge in [0.2, 0.25) is 0 Å². The predicted molar refractivity (Wildman–Crippen MR) is 77.1 cm³/mol. The fraction of sp³-hybridized carbons (Fsp3) is 0.533. The van der Waals surface area contributed by atoms with Crippen LogP contribution in [0.2, 0.25) is 0 Å². The molecule has 1 rings (SSSR count). The van der Waals surface area contributed by atoms with Crippen molar-refractivity contribution in [2.24, 2.45) is 5.92 Å². The number of hydrogen-bond acceptors (Lipinski definition) is 2. The number of hydrogen-bond donors (Lipinski definition) is 1. The van der Waals surface area contributed by atoms with E-state index in [2.05, 4.69) is 19.2 Å². The number of rotatable bonds is 5. The van der Waals surface area contributed by atoms with Gasteiger partial charge in [0.25, 0.3) is 5.91 Å². The van der Waals surface area contributed by atoms with E-state index in [4.69, 9.17) is 0 Å². The topological polar surface area (TPSA) is 32.3 Å². The minimum atomic E-state index is 0.0982. The van der Waals surface area contributed by atoms with E-state index < -0.39 is 0 Å². The van der Waals surface area contributed by atoms with Crippen molar-refractivity contribution in [2.75, 3.05) is 26.0 Å². The Labute approximate surface area is 110 Å². The van der Waals surface area contributed by atoms with Crippen LogP contribution in [-0.4, -0.2) is 31.4 Å². The van der Waals surface area contributed by atoms with Crippen LogP contribution in [-0.2, 0) is 0 Å². The van der Waals surface area contributed by atoms with Crippen molar-refractivity contribution in [1.29, 1.82) is 0 Å². The van der Waals surface area contributed by atoms with Gasteiger partial charge in [-0.05, 0) is 36.6 Å². The molecule has 0 bridgehead atoms. The van der Waals surface area contributed by atoms with Crippen molar-refractivity contribution in [3.05, 3.63) is 29.3 Å². The summed E-state index contributed by atoms with van der Waals surface area (Å²) in [5, 5.41) is 3.11. The fourth-order valence-electron chi connectivity index (χ4n) is 1.98. The van der Waals surface area contributed by atoms with Crippen molar-refractivity contribution < 1.29 is 4.79 Å². The van der Waals surface area contributed by atoms with E-state index in [1.54, 1.807) is 0 Å². The second-order valence-electron chi connectivity index (χ2n) is 4.98. The number of nitrogens with zero attached hydrogens (tertiary/aromatic N) is 1. The van der Waals surface area contributed by atoms with Gasteiger partial charge < -0.3 is 10.2 Å². The summed E-state index contributed by atoms with van der Waals surface area (Å²) < 4.78 is 0. The van der Waals surface area contributed by atoms with Gasteiger partial charge in [-0.15, -0.1) is 0 Å². The van der Waals surface area contributed by atoms with Gasteiger partial charge in [-0.1, -0.05) is 20.3 Å². The summed E-state index contributed by atoms with van der Waals surface area (Å²) in [7, 11) is 3.76. The Hall–Kier alpha value is -1.51. The molecule has 100 valence electrons. The van der Waals surface area contributed by atoms with E-state index >= 15 is 0 Å². The predicted octanol–water partition coefficient (Wildman–Crippen LogP) is 3.15. The summed E-state index contributed by atoms with van der Waals surface area (Å²) in [6.07, 6.45) is 1.09. The third-order valence-corrected chi connectivity index (χ3v) is 3.37. The number of anilines is 1. The maximum atomic E-state index is 12.3. The zero-order valence-corrected chi connectivity index (χ0v) is 12.1. The van der Waals surface area contributed by atoms with Crippen LogP contribution in [0, 0.1) is 12.8 Å². The smallest absolute Gasteiger partial charge is 0.253 e. The molecule has 18 heavy (non-hydrogen) atoms. The molecule has 1 aromatic rings. The molecular formula is C15H24N2O. The first-order valence-electron chi connectivity index (χ1n) is 6.53. The number of carbonyl (C=O) groups is 1. The minimum Gasteiger partial charge on any atom is -0.388 e. The Balaban J connectivity index is 2.80. The lowest BCUT2D eigenvalue weighted by molar-refractivity contribution is 0.0775. The average molecular weight is 248 g/mol. The molecule has 0 aliphatic rings. The van der Waals surface area contributed by atoms with Gasteiger partial charge in [0.05, 0.1) is 0 Å². The summed E-state index contributed by atoms with van der Waals surface area (Å²) in [6.45, 7) is 7.13. The first-order chi connectivity index (χ1) is 8.49. The van der Waals surface area contributed by atoms with Gasteiger partial charge in [0.1, 0.15) is 0 Å². The van der Waals surface area contributed by atoms with Crippen molar-refractivity contribution in [1.82, 2.24) is 4.90 Å². The van der Waals surface area contributed by atoms with Gasteiger partial charge >= 0.3 is 0 Å². The normalized spacial score (nSPS) is 12.1. The van der Waals surface area contributed by atoms with E-state index in [1.165, 1.54) is 0 Å². The molecule has 0 saturated carbocycles. The molecule has 1 N–H and O–H groups in total. The Morgan fingerprint density at radius 2 is 2.11 bits per heavy atom. The van der Waals surface area contributed by atoms with Crippen LogP contribution in [0.5, 0.6) is 0 Å². The first kappa shape index (κ1) is 14.6. The van der Waals surface area contributed by atoms with Gasteiger partial charge in [-0.3, -0.25) is 4.79 Å². The minimum absolute atomic E-state index is 0.0982. The average Bonchev–Trinajstić information content (AvgIpc) is 2.37. The number of carbonyl (C=O) groups excluding carboxylic acids is 1. The highest BCUT2D eigenvalue weighted by Crippen LogP contribution is 2.17. The number of aryl methyl sites for hydroxylation is 1. The molecule has 0 radical (unpaired) electrons. The molecule has 0 spiro atoms. The number of nitrogens with one attached hydrogen (secondary N) is 1. The number of amides is 1. The van der Waals surface area contributed by atoms with Gasteiger partial charge in [0, 0.05) is 31.9 Å². The van der Waals surface area contributed by atoms with Crippen LogP contribution in [0.1, 0.15) is 36.2 Å². The van der Waals surface area contributed by atoms with Gasteiger partial charge in [0.15, 0.2) is 0 Å². The van der Waals surface area contributed by atoms with Gasteiger partial charge in [-0.25, -0.2) is 0 Å². The SMILES string of the molecule is CCC(C)CN(C)C(=O)c1ccc(NC)c(C)c1. The molecule has 0 saturated heterocycles. The maximum Gasteiger partial charge on any atom is 0.253 e. The van der Waals surface area contributed by atoms with Crippen LogP contribution >= 0.6 is 0 Å². The molecule has 1 atom stereocenters. The Morgan fingerprint density at radius 1 is 1.44 bits per heavy atom. The zero-order valence-electron chi connectivity index (χ0n) is 12.1. The molecule has 0 aliphatic heterocycles. The van der Waals surface area contributed by atoms with Crippen LogP contribution in [0.15, 0.2) is 18.2 Å². The van der Waals surface area contributed by atoms with E-state index in [0.717, 1.165) is 29.8 Å². The van der Waals surface area contributed by atoms with Crippen molar-refractivity contribution >= 4 is 11.6 Å². The molecule has 1 amide bonds. The summed E-state index contributed by atoms with van der Waals surface area (Å²) in [6, 6.07) is 5.79. The quantitative estimate of drug-likeness (QED) is 0.868. The third-order valence-electron chi connectivity index (χ3n) is 3.37. The largest absolute Gasteiger partial charge is 0.388 e. The highest BCUT2D eigenvalue weighted by atomic mass is 16.2. The molecular weight excluding hydrogens is 224 g/mol. The Bertz CT molecular complexity index is 415. The van der Waals surface area contributed by atoms with Crippen LogP contribution in [0.25, 0.3) is 0 Å². The molecule has 0 heterocycles. The standard InChI is InChI=1S/C15H24N2O/c1-6-11(2)10-17(5)15(18)13-7-8-14(16-4)12(3)9-13/h7-9,11,16H,6,10H2,1-5H3. The fourth-order valence-corrected chi connectivity index (χ4v) is 1.98. The van der Waals surface area contributed by atoms with Gasteiger partial charge in [-0.2, -0.15) is 0 Å². The number of benzene rings is 1. The van der Waals surface area contributed by atoms with Crippen molar-refractivity contribution in [3.63, 3.8) is 0 Å². The molecule has 0 fully saturated rings. The molecule has 0 aromatic heterocycles. The third kappa shape index (κ3) is 3.49. The van der Waals surface area contributed by atoms with Crippen LogP contribution in [0.3, 0.4) is 0 Å². The van der Waals surface area contributed by atoms with E-state index in [1.807, 2.05) is 44.1 Å². The molecule has 1 aromatic carbocycles. The molecule has 0 aliphatic carbocycles. The van der Waals surface area contributed by atoms with E-state index in [9.17, 15) is 4.79 Å². The summed E-state index contributed by atoms with van der Waals surface area (Å²) in [4.78, 5) is 14.1. The zero-order chi connectivity index (χ0) is 13.7. The highest BCUT2D eigenvalue weighted by molar-refractivity contribution is 5.94. The van der Waals surface area contributed by atoms with Crippen LogP contribution in [0.4, 0.5) is 5.69 Å². The lowest BCUT2D eigenvalue weighted by Gasteiger charge is -2.21. The van der Waals surface area contributed by atoms with E-state index in [-0.39, 0.29) is 5.91 Å². The summed E-state index contributed by atoms with van der Waals surface area (Å²) in [5.41, 5.74) is 2.92. The highest BCUT2D eigenvalue weighted by Gasteiger charge is 2.14. The monoisotopic (exact) mass is 248 g/mol.